The molecule has 0 aliphatic heterocycles. The minimum Gasteiger partial charge on any atom is -0.358 e. The molecule has 0 amide bonds. The molecular weight excluding hydrogens is 264 g/mol. The van der Waals surface area contributed by atoms with Crippen molar-refractivity contribution in [1.82, 2.24) is 4.98 Å². The van der Waals surface area contributed by atoms with Crippen molar-refractivity contribution in [2.75, 3.05) is 5.32 Å². The summed E-state index contributed by atoms with van der Waals surface area (Å²) in [4.78, 5) is 4.63. The molecule has 2 unspecified atom stereocenters. The SMILES string of the molecule is CC1CCCCC1Nc1nc2cc(Cl)ccc2s1. The zero-order valence-electron chi connectivity index (χ0n) is 10.4. The Hall–Kier alpha value is -0.800. The van der Waals surface area contributed by atoms with Crippen molar-refractivity contribution in [3.05, 3.63) is 23.2 Å². The van der Waals surface area contributed by atoms with Crippen LogP contribution in [0, 0.1) is 5.92 Å². The first-order valence-corrected chi connectivity index (χ1v) is 7.74. The van der Waals surface area contributed by atoms with E-state index >= 15 is 0 Å². The second-order valence-electron chi connectivity index (χ2n) is 5.14. The molecule has 1 saturated carbocycles. The Morgan fingerprint density at radius 1 is 1.33 bits per heavy atom. The summed E-state index contributed by atoms with van der Waals surface area (Å²) in [7, 11) is 0. The maximum Gasteiger partial charge on any atom is 0.184 e. The highest BCUT2D eigenvalue weighted by Gasteiger charge is 2.21. The standard InChI is InChI=1S/C14H17ClN2S/c1-9-4-2-3-5-11(9)16-14-17-12-8-10(15)6-7-13(12)18-14/h6-9,11H,2-5H2,1H3,(H,16,17). The lowest BCUT2D eigenvalue weighted by Crippen LogP contribution is -2.30. The molecule has 0 saturated heterocycles. The molecule has 1 aromatic carbocycles. The van der Waals surface area contributed by atoms with Gasteiger partial charge in [0, 0.05) is 11.1 Å². The highest BCUT2D eigenvalue weighted by atomic mass is 35.5. The van der Waals surface area contributed by atoms with Gasteiger partial charge < -0.3 is 5.32 Å². The summed E-state index contributed by atoms with van der Waals surface area (Å²) in [6.07, 6.45) is 5.29. The summed E-state index contributed by atoms with van der Waals surface area (Å²) < 4.78 is 1.20. The van der Waals surface area contributed by atoms with Crippen LogP contribution in [0.5, 0.6) is 0 Å². The third-order valence-corrected chi connectivity index (χ3v) is 4.97. The van der Waals surface area contributed by atoms with Crippen LogP contribution in [-0.2, 0) is 0 Å². The minimum atomic E-state index is 0.579. The fourth-order valence-electron chi connectivity index (χ4n) is 2.65. The number of fused-ring (bicyclic) bond motifs is 1. The van der Waals surface area contributed by atoms with Gasteiger partial charge in [-0.25, -0.2) is 4.98 Å². The summed E-state index contributed by atoms with van der Waals surface area (Å²) in [5, 5.41) is 5.39. The van der Waals surface area contributed by atoms with Crippen LogP contribution in [0.2, 0.25) is 5.02 Å². The molecule has 18 heavy (non-hydrogen) atoms. The Kier molecular flexibility index (Phi) is 3.44. The van der Waals surface area contributed by atoms with E-state index in [4.69, 9.17) is 11.6 Å². The molecule has 2 atom stereocenters. The quantitative estimate of drug-likeness (QED) is 0.843. The van der Waals surface area contributed by atoms with E-state index in [1.807, 2.05) is 18.2 Å². The van der Waals surface area contributed by atoms with E-state index in [9.17, 15) is 0 Å². The molecule has 2 nitrogen and oxygen atoms in total. The van der Waals surface area contributed by atoms with E-state index in [1.165, 1.54) is 30.4 Å². The summed E-state index contributed by atoms with van der Waals surface area (Å²) in [5.41, 5.74) is 0.999. The lowest BCUT2D eigenvalue weighted by molar-refractivity contribution is 0.349. The summed E-state index contributed by atoms with van der Waals surface area (Å²) in [6, 6.07) is 6.48. The van der Waals surface area contributed by atoms with Crippen molar-refractivity contribution in [2.45, 2.75) is 38.6 Å². The van der Waals surface area contributed by atoms with Gasteiger partial charge in [-0.2, -0.15) is 0 Å². The number of anilines is 1. The maximum atomic E-state index is 5.99. The molecule has 1 fully saturated rings. The zero-order chi connectivity index (χ0) is 12.5. The van der Waals surface area contributed by atoms with Gasteiger partial charge in [-0.3, -0.25) is 0 Å². The monoisotopic (exact) mass is 280 g/mol. The molecular formula is C14H17ClN2S. The van der Waals surface area contributed by atoms with E-state index in [-0.39, 0.29) is 0 Å². The molecule has 1 aliphatic carbocycles. The Labute approximate surface area is 116 Å². The van der Waals surface area contributed by atoms with Gasteiger partial charge in [0.15, 0.2) is 5.13 Å². The molecule has 96 valence electrons. The van der Waals surface area contributed by atoms with Gasteiger partial charge in [-0.1, -0.05) is 42.7 Å². The number of thiazole rings is 1. The Morgan fingerprint density at radius 2 is 2.17 bits per heavy atom. The van der Waals surface area contributed by atoms with Crippen molar-refractivity contribution in [3.63, 3.8) is 0 Å². The molecule has 0 spiro atoms. The van der Waals surface area contributed by atoms with Crippen LogP contribution >= 0.6 is 22.9 Å². The lowest BCUT2D eigenvalue weighted by atomic mass is 9.86. The van der Waals surface area contributed by atoms with Crippen molar-refractivity contribution < 1.29 is 0 Å². The molecule has 1 N–H and O–H groups in total. The fourth-order valence-corrected chi connectivity index (χ4v) is 3.73. The number of nitrogens with one attached hydrogen (secondary N) is 1. The van der Waals surface area contributed by atoms with Gasteiger partial charge in [0.25, 0.3) is 0 Å². The van der Waals surface area contributed by atoms with Gasteiger partial charge >= 0.3 is 0 Å². The van der Waals surface area contributed by atoms with Crippen molar-refractivity contribution in [1.29, 1.82) is 0 Å². The van der Waals surface area contributed by atoms with Gasteiger partial charge in [0.2, 0.25) is 0 Å². The van der Waals surface area contributed by atoms with Crippen LogP contribution < -0.4 is 5.32 Å². The predicted octanol–water partition coefficient (Wildman–Crippen LogP) is 4.94. The first-order valence-electron chi connectivity index (χ1n) is 6.55. The summed E-state index contributed by atoms with van der Waals surface area (Å²) >= 11 is 7.71. The molecule has 1 aliphatic rings. The fraction of sp³-hybridized carbons (Fsp3) is 0.500. The number of benzene rings is 1. The smallest absolute Gasteiger partial charge is 0.184 e. The minimum absolute atomic E-state index is 0.579. The molecule has 2 aromatic rings. The summed E-state index contributed by atoms with van der Waals surface area (Å²) in [6.45, 7) is 2.33. The Balaban J connectivity index is 1.81. The van der Waals surface area contributed by atoms with Gasteiger partial charge in [0.1, 0.15) is 0 Å². The molecule has 1 heterocycles. The van der Waals surface area contributed by atoms with E-state index in [2.05, 4.69) is 17.2 Å². The Morgan fingerprint density at radius 3 is 3.00 bits per heavy atom. The highest BCUT2D eigenvalue weighted by Crippen LogP contribution is 2.31. The molecule has 4 heteroatoms. The van der Waals surface area contributed by atoms with E-state index in [1.54, 1.807) is 11.3 Å². The first kappa shape index (κ1) is 12.2. The second kappa shape index (κ2) is 5.06. The van der Waals surface area contributed by atoms with Crippen molar-refractivity contribution >= 4 is 38.3 Å². The average molecular weight is 281 g/mol. The number of halogens is 1. The van der Waals surface area contributed by atoms with Gasteiger partial charge in [-0.05, 0) is 37.0 Å². The van der Waals surface area contributed by atoms with Crippen LogP contribution in [0.4, 0.5) is 5.13 Å². The molecule has 3 rings (SSSR count). The Bertz CT molecular complexity index is 552. The van der Waals surface area contributed by atoms with Crippen LogP contribution in [0.15, 0.2) is 18.2 Å². The maximum absolute atomic E-state index is 5.99. The number of hydrogen-bond acceptors (Lipinski definition) is 3. The largest absolute Gasteiger partial charge is 0.358 e. The predicted molar refractivity (Wildman–Crippen MR) is 79.7 cm³/mol. The topological polar surface area (TPSA) is 24.9 Å². The van der Waals surface area contributed by atoms with Crippen LogP contribution in [-0.4, -0.2) is 11.0 Å². The molecule has 0 radical (unpaired) electrons. The third-order valence-electron chi connectivity index (χ3n) is 3.77. The number of hydrogen-bond donors (Lipinski definition) is 1. The number of aromatic nitrogens is 1. The highest BCUT2D eigenvalue weighted by molar-refractivity contribution is 7.22. The molecule has 1 aromatic heterocycles. The van der Waals surface area contributed by atoms with Crippen LogP contribution in [0.3, 0.4) is 0 Å². The first-order chi connectivity index (χ1) is 8.72. The third kappa shape index (κ3) is 2.47. The lowest BCUT2D eigenvalue weighted by Gasteiger charge is -2.29. The van der Waals surface area contributed by atoms with Gasteiger partial charge in [0.05, 0.1) is 10.2 Å². The van der Waals surface area contributed by atoms with Crippen molar-refractivity contribution in [2.24, 2.45) is 5.92 Å². The second-order valence-corrected chi connectivity index (χ2v) is 6.61. The van der Waals surface area contributed by atoms with Crippen LogP contribution in [0.1, 0.15) is 32.6 Å². The number of rotatable bonds is 2. The van der Waals surface area contributed by atoms with Gasteiger partial charge in [-0.15, -0.1) is 0 Å². The van der Waals surface area contributed by atoms with Crippen LogP contribution in [0.25, 0.3) is 10.2 Å². The van der Waals surface area contributed by atoms with Crippen molar-refractivity contribution in [3.8, 4) is 0 Å². The summed E-state index contributed by atoms with van der Waals surface area (Å²) in [5.74, 6) is 0.745. The molecule has 0 bridgehead atoms. The van der Waals surface area contributed by atoms with E-state index in [0.29, 0.717) is 6.04 Å². The normalized spacial score (nSPS) is 24.3. The average Bonchev–Trinajstić information content (AvgIpc) is 2.73. The zero-order valence-corrected chi connectivity index (χ0v) is 12.0. The van der Waals surface area contributed by atoms with E-state index in [0.717, 1.165) is 21.6 Å². The van der Waals surface area contributed by atoms with E-state index < -0.39 is 0 Å². The number of nitrogens with zero attached hydrogens (tertiary/aromatic N) is 1.